The Balaban J connectivity index is 2.68. The highest BCUT2D eigenvalue weighted by molar-refractivity contribution is 5.35. The Labute approximate surface area is 64.2 Å². The Bertz CT molecular complexity index is 357. The first-order valence-electron chi connectivity index (χ1n) is 3.67. The lowest BCUT2D eigenvalue weighted by atomic mass is 10.2. The second-order valence-corrected chi connectivity index (χ2v) is 2.87. The zero-order valence-corrected chi connectivity index (χ0v) is 6.57. The van der Waals surface area contributed by atoms with Gasteiger partial charge in [0.2, 0.25) is 0 Å². The maximum Gasteiger partial charge on any atom is 0.177 e. The Morgan fingerprint density at radius 2 is 2.27 bits per heavy atom. The summed E-state index contributed by atoms with van der Waals surface area (Å²) < 4.78 is 1.89. The van der Waals surface area contributed by atoms with Crippen LogP contribution in [0.5, 0.6) is 0 Å². The summed E-state index contributed by atoms with van der Waals surface area (Å²) in [5.74, 6) is 1.38. The minimum Gasteiger partial charge on any atom is -0.298 e. The van der Waals surface area contributed by atoms with Gasteiger partial charge in [-0.25, -0.2) is 4.52 Å². The molecule has 4 nitrogen and oxygen atoms in total. The van der Waals surface area contributed by atoms with Gasteiger partial charge in [-0.05, 0) is 0 Å². The number of aromatic amines is 1. The molecule has 2 heterocycles. The van der Waals surface area contributed by atoms with Crippen molar-refractivity contribution in [2.24, 2.45) is 0 Å². The van der Waals surface area contributed by atoms with Crippen molar-refractivity contribution < 1.29 is 0 Å². The van der Waals surface area contributed by atoms with Gasteiger partial charge in [-0.3, -0.25) is 5.10 Å². The first-order chi connectivity index (χ1) is 5.29. The summed E-state index contributed by atoms with van der Waals surface area (Å²) in [5, 5.41) is 11.1. The van der Waals surface area contributed by atoms with Crippen molar-refractivity contribution in [1.82, 2.24) is 19.8 Å². The van der Waals surface area contributed by atoms with Gasteiger partial charge >= 0.3 is 0 Å². The van der Waals surface area contributed by atoms with E-state index in [1.54, 1.807) is 0 Å². The smallest absolute Gasteiger partial charge is 0.177 e. The molecule has 11 heavy (non-hydrogen) atoms. The first-order valence-corrected chi connectivity index (χ1v) is 3.67. The average molecular weight is 150 g/mol. The van der Waals surface area contributed by atoms with Gasteiger partial charge in [-0.15, -0.1) is 10.2 Å². The van der Waals surface area contributed by atoms with Crippen molar-refractivity contribution in [3.8, 4) is 0 Å². The van der Waals surface area contributed by atoms with Crippen molar-refractivity contribution in [3.63, 3.8) is 0 Å². The van der Waals surface area contributed by atoms with Gasteiger partial charge in [-0.2, -0.15) is 0 Å². The number of nitrogens with zero attached hydrogens (tertiary/aromatic N) is 3. The Kier molecular flexibility index (Phi) is 1.21. The van der Waals surface area contributed by atoms with Gasteiger partial charge in [0.1, 0.15) is 0 Å². The van der Waals surface area contributed by atoms with Crippen LogP contribution in [0.3, 0.4) is 0 Å². The van der Waals surface area contributed by atoms with Crippen molar-refractivity contribution in [2.45, 2.75) is 19.8 Å². The number of aromatic nitrogens is 4. The molecular formula is C7H10N4. The molecule has 2 aromatic heterocycles. The molecule has 0 atom stereocenters. The SMILES string of the molecule is CC(C)c1nnc2cc[nH]n12. The van der Waals surface area contributed by atoms with Gasteiger partial charge in [0.25, 0.3) is 0 Å². The molecule has 58 valence electrons. The van der Waals surface area contributed by atoms with Gasteiger partial charge in [0.05, 0.1) is 0 Å². The molecule has 0 aliphatic carbocycles. The molecule has 4 heteroatoms. The van der Waals surface area contributed by atoms with Crippen molar-refractivity contribution in [1.29, 1.82) is 0 Å². The molecule has 0 aliphatic rings. The summed E-state index contributed by atoms with van der Waals surface area (Å²) in [6.07, 6.45) is 1.86. The second-order valence-electron chi connectivity index (χ2n) is 2.87. The molecule has 2 rings (SSSR count). The number of hydrogen-bond donors (Lipinski definition) is 1. The van der Waals surface area contributed by atoms with Crippen LogP contribution in [0.2, 0.25) is 0 Å². The van der Waals surface area contributed by atoms with E-state index in [2.05, 4.69) is 29.1 Å². The summed E-state index contributed by atoms with van der Waals surface area (Å²) in [7, 11) is 0. The van der Waals surface area contributed by atoms with Crippen molar-refractivity contribution in [2.75, 3.05) is 0 Å². The van der Waals surface area contributed by atoms with E-state index < -0.39 is 0 Å². The second kappa shape index (κ2) is 2.08. The highest BCUT2D eigenvalue weighted by atomic mass is 15.4. The number of H-pyrrole nitrogens is 1. The molecule has 0 aliphatic heterocycles. The third kappa shape index (κ3) is 0.824. The fourth-order valence-electron chi connectivity index (χ4n) is 1.11. The van der Waals surface area contributed by atoms with E-state index in [1.165, 1.54) is 0 Å². The predicted octanol–water partition coefficient (Wildman–Crippen LogP) is 1.18. The zero-order chi connectivity index (χ0) is 7.84. The molecule has 0 radical (unpaired) electrons. The number of hydrogen-bond acceptors (Lipinski definition) is 2. The number of fused-ring (bicyclic) bond motifs is 1. The van der Waals surface area contributed by atoms with E-state index in [-0.39, 0.29) is 0 Å². The Morgan fingerprint density at radius 1 is 1.45 bits per heavy atom. The summed E-state index contributed by atoms with van der Waals surface area (Å²) in [6, 6.07) is 1.90. The molecule has 0 unspecified atom stereocenters. The minimum absolute atomic E-state index is 0.406. The minimum atomic E-state index is 0.406. The summed E-state index contributed by atoms with van der Waals surface area (Å²) in [4.78, 5) is 0. The molecule has 0 amide bonds. The quantitative estimate of drug-likeness (QED) is 0.663. The van der Waals surface area contributed by atoms with Crippen molar-refractivity contribution >= 4 is 5.65 Å². The van der Waals surface area contributed by atoms with E-state index in [0.29, 0.717) is 5.92 Å². The average Bonchev–Trinajstić information content (AvgIpc) is 2.41. The fraction of sp³-hybridized carbons (Fsp3) is 0.429. The lowest BCUT2D eigenvalue weighted by Crippen LogP contribution is -1.96. The highest BCUT2D eigenvalue weighted by Gasteiger charge is 2.08. The fourth-order valence-corrected chi connectivity index (χ4v) is 1.11. The van der Waals surface area contributed by atoms with Crippen LogP contribution in [0.1, 0.15) is 25.6 Å². The van der Waals surface area contributed by atoms with Crippen LogP contribution in [-0.4, -0.2) is 19.8 Å². The topological polar surface area (TPSA) is 46.0 Å². The molecule has 0 saturated heterocycles. The van der Waals surface area contributed by atoms with Crippen molar-refractivity contribution in [3.05, 3.63) is 18.1 Å². The van der Waals surface area contributed by atoms with E-state index in [1.807, 2.05) is 16.8 Å². The Morgan fingerprint density at radius 3 is 3.00 bits per heavy atom. The number of rotatable bonds is 1. The standard InChI is InChI=1S/C7H10N4/c1-5(2)7-10-9-6-3-4-8-11(6)7/h3-5,8H,1-2H3. The highest BCUT2D eigenvalue weighted by Crippen LogP contribution is 2.11. The summed E-state index contributed by atoms with van der Waals surface area (Å²) in [5.41, 5.74) is 0.883. The predicted molar refractivity (Wildman–Crippen MR) is 41.4 cm³/mol. The number of nitrogens with one attached hydrogen (secondary N) is 1. The van der Waals surface area contributed by atoms with Gasteiger partial charge < -0.3 is 0 Å². The molecule has 0 spiro atoms. The maximum absolute atomic E-state index is 4.04. The van der Waals surface area contributed by atoms with Crippen LogP contribution in [0, 0.1) is 0 Å². The van der Waals surface area contributed by atoms with E-state index in [9.17, 15) is 0 Å². The lowest BCUT2D eigenvalue weighted by Gasteiger charge is -1.97. The van der Waals surface area contributed by atoms with Crippen LogP contribution in [-0.2, 0) is 0 Å². The van der Waals surface area contributed by atoms with E-state index in [4.69, 9.17) is 0 Å². The first kappa shape index (κ1) is 6.39. The molecule has 0 fully saturated rings. The van der Waals surface area contributed by atoms with Crippen LogP contribution < -0.4 is 0 Å². The van der Waals surface area contributed by atoms with Crippen LogP contribution in [0.25, 0.3) is 5.65 Å². The van der Waals surface area contributed by atoms with Crippen LogP contribution in [0.15, 0.2) is 12.3 Å². The molecular weight excluding hydrogens is 140 g/mol. The van der Waals surface area contributed by atoms with Gasteiger partial charge in [-0.1, -0.05) is 13.8 Å². The molecule has 1 N–H and O–H groups in total. The maximum atomic E-state index is 4.04. The monoisotopic (exact) mass is 150 g/mol. The van der Waals surface area contributed by atoms with E-state index >= 15 is 0 Å². The third-order valence-corrected chi connectivity index (χ3v) is 1.67. The zero-order valence-electron chi connectivity index (χ0n) is 6.57. The summed E-state index contributed by atoms with van der Waals surface area (Å²) >= 11 is 0. The van der Waals surface area contributed by atoms with Crippen LogP contribution in [0.4, 0.5) is 0 Å². The lowest BCUT2D eigenvalue weighted by molar-refractivity contribution is 0.725. The largest absolute Gasteiger partial charge is 0.298 e. The molecule has 0 aromatic carbocycles. The third-order valence-electron chi connectivity index (χ3n) is 1.67. The van der Waals surface area contributed by atoms with Gasteiger partial charge in [0, 0.05) is 18.2 Å². The normalized spacial score (nSPS) is 11.5. The molecule has 0 saturated carbocycles. The van der Waals surface area contributed by atoms with E-state index in [0.717, 1.165) is 11.5 Å². The molecule has 0 bridgehead atoms. The Hall–Kier alpha value is -1.32. The summed E-state index contributed by atoms with van der Waals surface area (Å²) in [6.45, 7) is 4.19. The van der Waals surface area contributed by atoms with Crippen LogP contribution >= 0.6 is 0 Å². The molecule has 2 aromatic rings. The van der Waals surface area contributed by atoms with Gasteiger partial charge in [0.15, 0.2) is 11.5 Å².